The maximum absolute atomic E-state index is 12.5. The average Bonchev–Trinajstić information content (AvgIpc) is 2.88. The Labute approximate surface area is 180 Å². The summed E-state index contributed by atoms with van der Waals surface area (Å²) in [6, 6.07) is 4.03. The lowest BCUT2D eigenvalue weighted by atomic mass is 10.0. The normalized spacial score (nSPS) is 12.2. The van der Waals surface area contributed by atoms with Crippen molar-refractivity contribution in [3.8, 4) is 0 Å². The molecule has 2 aromatic rings. The summed E-state index contributed by atoms with van der Waals surface area (Å²) in [4.78, 5) is 24.9. The monoisotopic (exact) mass is 413 g/mol. The van der Waals surface area contributed by atoms with E-state index in [9.17, 15) is 9.59 Å². The van der Waals surface area contributed by atoms with Gasteiger partial charge in [-0.05, 0) is 70.6 Å². The first-order valence-electron chi connectivity index (χ1n) is 10.6. The fraction of sp³-hybridized carbons (Fsp3) is 0.542. The van der Waals surface area contributed by atoms with Crippen LogP contribution in [-0.4, -0.2) is 27.8 Å². The summed E-state index contributed by atoms with van der Waals surface area (Å²) in [7, 11) is 0. The van der Waals surface area contributed by atoms with Gasteiger partial charge in [0.2, 0.25) is 0 Å². The minimum absolute atomic E-state index is 0.218. The van der Waals surface area contributed by atoms with Gasteiger partial charge < -0.3 is 10.1 Å². The molecule has 0 aliphatic carbocycles. The number of esters is 1. The third-order valence-electron chi connectivity index (χ3n) is 5.25. The van der Waals surface area contributed by atoms with E-state index in [0.29, 0.717) is 12.3 Å². The Bertz CT molecular complexity index is 905. The second-order valence-electron chi connectivity index (χ2n) is 8.62. The van der Waals surface area contributed by atoms with Crippen LogP contribution in [0.2, 0.25) is 0 Å². The topological polar surface area (TPSA) is 73.2 Å². The molecule has 0 bridgehead atoms. The summed E-state index contributed by atoms with van der Waals surface area (Å²) < 4.78 is 7.39. The predicted octanol–water partition coefficient (Wildman–Crippen LogP) is 4.58. The summed E-state index contributed by atoms with van der Waals surface area (Å²) in [5, 5.41) is 7.48. The molecule has 164 valence electrons. The minimum Gasteiger partial charge on any atom is -0.453 e. The van der Waals surface area contributed by atoms with Crippen LogP contribution in [0.15, 0.2) is 12.1 Å². The van der Waals surface area contributed by atoms with Gasteiger partial charge >= 0.3 is 5.97 Å². The highest BCUT2D eigenvalue weighted by Gasteiger charge is 2.20. The Hall–Kier alpha value is -2.63. The highest BCUT2D eigenvalue weighted by molar-refractivity contribution is 5.96. The maximum Gasteiger partial charge on any atom is 0.306 e. The van der Waals surface area contributed by atoms with Gasteiger partial charge in [-0.15, -0.1) is 0 Å². The quantitative estimate of drug-likeness (QED) is 0.643. The van der Waals surface area contributed by atoms with E-state index in [2.05, 4.69) is 24.3 Å². The summed E-state index contributed by atoms with van der Waals surface area (Å²) >= 11 is 0. The van der Waals surface area contributed by atoms with Gasteiger partial charge in [0, 0.05) is 24.3 Å². The molecule has 6 heteroatoms. The molecule has 0 fully saturated rings. The zero-order valence-corrected chi connectivity index (χ0v) is 19.5. The standard InChI is InChI=1S/C24H35N3O3/c1-14(2)13-27-19(7)21(18(6)26-27)9-10-22(28)30-20(8)24(29)25-23-16(4)11-15(3)12-17(23)5/h11-12,14,20H,9-10,13H2,1-8H3,(H,25,29). The van der Waals surface area contributed by atoms with Gasteiger partial charge in [0.25, 0.3) is 5.91 Å². The van der Waals surface area contributed by atoms with Crippen LogP contribution in [0.4, 0.5) is 5.69 Å². The van der Waals surface area contributed by atoms with Crippen molar-refractivity contribution in [2.75, 3.05) is 5.32 Å². The third-order valence-corrected chi connectivity index (χ3v) is 5.25. The number of carbonyl (C=O) groups is 2. The molecule has 2 rings (SSSR count). The number of nitrogens with one attached hydrogen (secondary N) is 1. The largest absolute Gasteiger partial charge is 0.453 e. The molecule has 1 unspecified atom stereocenters. The number of benzene rings is 1. The number of aryl methyl sites for hydroxylation is 4. The van der Waals surface area contributed by atoms with Crippen molar-refractivity contribution < 1.29 is 14.3 Å². The average molecular weight is 414 g/mol. The lowest BCUT2D eigenvalue weighted by Gasteiger charge is -2.17. The van der Waals surface area contributed by atoms with Crippen molar-refractivity contribution in [2.24, 2.45) is 5.92 Å². The Balaban J connectivity index is 1.94. The predicted molar refractivity (Wildman–Crippen MR) is 120 cm³/mol. The molecule has 0 saturated carbocycles. The molecule has 0 saturated heterocycles. The summed E-state index contributed by atoms with van der Waals surface area (Å²) in [6.07, 6.45) is -0.0857. The van der Waals surface area contributed by atoms with Crippen LogP contribution in [0, 0.1) is 40.5 Å². The number of rotatable bonds is 8. The number of carbonyl (C=O) groups excluding carboxylic acids is 2. The van der Waals surface area contributed by atoms with Crippen molar-refractivity contribution in [3.05, 3.63) is 45.8 Å². The number of nitrogens with zero attached hydrogens (tertiary/aromatic N) is 2. The number of ether oxygens (including phenoxy) is 1. The molecule has 1 aromatic heterocycles. The fourth-order valence-corrected chi connectivity index (χ4v) is 3.76. The zero-order chi connectivity index (χ0) is 22.6. The van der Waals surface area contributed by atoms with Gasteiger partial charge in [0.15, 0.2) is 6.10 Å². The van der Waals surface area contributed by atoms with Gasteiger partial charge in [0.05, 0.1) is 5.69 Å². The van der Waals surface area contributed by atoms with E-state index in [4.69, 9.17) is 4.74 Å². The Morgan fingerprint density at radius 3 is 2.23 bits per heavy atom. The molecule has 6 nitrogen and oxygen atoms in total. The third kappa shape index (κ3) is 5.94. The molecule has 0 radical (unpaired) electrons. The van der Waals surface area contributed by atoms with Gasteiger partial charge in [-0.1, -0.05) is 31.5 Å². The van der Waals surface area contributed by atoms with E-state index in [1.165, 1.54) is 0 Å². The minimum atomic E-state index is -0.858. The van der Waals surface area contributed by atoms with E-state index in [-0.39, 0.29) is 18.3 Å². The van der Waals surface area contributed by atoms with E-state index < -0.39 is 6.10 Å². The Morgan fingerprint density at radius 1 is 1.07 bits per heavy atom. The lowest BCUT2D eigenvalue weighted by molar-refractivity contribution is -0.153. The molecule has 1 N–H and O–H groups in total. The van der Waals surface area contributed by atoms with Crippen LogP contribution < -0.4 is 5.32 Å². The van der Waals surface area contributed by atoms with Crippen LogP contribution in [0.25, 0.3) is 0 Å². The van der Waals surface area contributed by atoms with E-state index in [1.54, 1.807) is 6.92 Å². The fourth-order valence-electron chi connectivity index (χ4n) is 3.76. The molecular formula is C24H35N3O3. The Kier molecular flexibility index (Phi) is 7.82. The molecule has 1 heterocycles. The second kappa shape index (κ2) is 9.92. The Morgan fingerprint density at radius 2 is 1.67 bits per heavy atom. The van der Waals surface area contributed by atoms with Gasteiger partial charge in [0.1, 0.15) is 0 Å². The molecule has 1 atom stereocenters. The van der Waals surface area contributed by atoms with Crippen LogP contribution in [0.1, 0.15) is 60.8 Å². The van der Waals surface area contributed by atoms with Gasteiger partial charge in [-0.3, -0.25) is 14.3 Å². The second-order valence-corrected chi connectivity index (χ2v) is 8.62. The molecule has 1 aromatic carbocycles. The number of aromatic nitrogens is 2. The van der Waals surface area contributed by atoms with Crippen LogP contribution in [0.3, 0.4) is 0 Å². The van der Waals surface area contributed by atoms with Crippen molar-refractivity contribution in [1.82, 2.24) is 9.78 Å². The van der Waals surface area contributed by atoms with Crippen LogP contribution in [0.5, 0.6) is 0 Å². The molecule has 0 aliphatic rings. The van der Waals surface area contributed by atoms with Crippen molar-refractivity contribution in [3.63, 3.8) is 0 Å². The first kappa shape index (κ1) is 23.6. The first-order chi connectivity index (χ1) is 14.0. The number of anilines is 1. The SMILES string of the molecule is Cc1cc(C)c(NC(=O)C(C)OC(=O)CCc2c(C)nn(CC(C)C)c2C)c(C)c1. The molecule has 0 spiro atoms. The van der Waals surface area contributed by atoms with E-state index in [1.807, 2.05) is 51.4 Å². The number of hydrogen-bond donors (Lipinski definition) is 1. The summed E-state index contributed by atoms with van der Waals surface area (Å²) in [5.74, 6) is -0.207. The van der Waals surface area contributed by atoms with E-state index in [0.717, 1.165) is 45.9 Å². The van der Waals surface area contributed by atoms with Crippen LogP contribution >= 0.6 is 0 Å². The summed E-state index contributed by atoms with van der Waals surface area (Å²) in [6.45, 7) is 16.7. The number of hydrogen-bond acceptors (Lipinski definition) is 4. The van der Waals surface area contributed by atoms with Crippen LogP contribution in [-0.2, 0) is 27.3 Å². The van der Waals surface area contributed by atoms with Crippen molar-refractivity contribution in [2.45, 2.75) is 80.9 Å². The van der Waals surface area contributed by atoms with E-state index >= 15 is 0 Å². The lowest BCUT2D eigenvalue weighted by Crippen LogP contribution is -2.30. The van der Waals surface area contributed by atoms with Gasteiger partial charge in [-0.2, -0.15) is 5.10 Å². The van der Waals surface area contributed by atoms with Crippen molar-refractivity contribution in [1.29, 1.82) is 0 Å². The van der Waals surface area contributed by atoms with Crippen molar-refractivity contribution >= 4 is 17.6 Å². The molecule has 30 heavy (non-hydrogen) atoms. The molecule has 1 amide bonds. The highest BCUT2D eigenvalue weighted by Crippen LogP contribution is 2.22. The number of amides is 1. The smallest absolute Gasteiger partial charge is 0.306 e. The summed E-state index contributed by atoms with van der Waals surface area (Å²) in [5.41, 5.74) is 7.01. The zero-order valence-electron chi connectivity index (χ0n) is 19.5. The molecular weight excluding hydrogens is 378 g/mol. The molecule has 0 aliphatic heterocycles. The maximum atomic E-state index is 12.5. The first-order valence-corrected chi connectivity index (χ1v) is 10.6. The highest BCUT2D eigenvalue weighted by atomic mass is 16.5. The van der Waals surface area contributed by atoms with Gasteiger partial charge in [-0.25, -0.2) is 0 Å².